The molecule has 4 nitrogen and oxygen atoms in total. The summed E-state index contributed by atoms with van der Waals surface area (Å²) in [5, 5.41) is 7.65. The summed E-state index contributed by atoms with van der Waals surface area (Å²) in [6, 6.07) is 21.5. The lowest BCUT2D eigenvalue weighted by Gasteiger charge is -2.09. The molecule has 3 rings (SSSR count). The molecule has 0 fully saturated rings. The summed E-state index contributed by atoms with van der Waals surface area (Å²) in [6.07, 6.45) is 2.23. The van der Waals surface area contributed by atoms with E-state index >= 15 is 0 Å². The predicted octanol–water partition coefficient (Wildman–Crippen LogP) is 3.86. The number of nitrogens with one attached hydrogen (secondary N) is 2. The van der Waals surface area contributed by atoms with Gasteiger partial charge in [0.05, 0.1) is 13.0 Å². The van der Waals surface area contributed by atoms with Gasteiger partial charge < -0.3 is 10.6 Å². The van der Waals surface area contributed by atoms with Crippen LogP contribution in [-0.2, 0) is 16.0 Å². The minimum Gasteiger partial charge on any atom is -0.347 e. The number of fused-ring (bicyclic) bond motifs is 1. The van der Waals surface area contributed by atoms with Crippen LogP contribution in [-0.4, -0.2) is 24.6 Å². The molecular weight excluding hydrogens is 344 g/mol. The van der Waals surface area contributed by atoms with Gasteiger partial charge in [0.2, 0.25) is 11.8 Å². The van der Waals surface area contributed by atoms with Crippen molar-refractivity contribution in [3.63, 3.8) is 0 Å². The van der Waals surface area contributed by atoms with E-state index in [-0.39, 0.29) is 24.8 Å². The number of rotatable bonds is 6. The second-order valence-corrected chi connectivity index (χ2v) is 6.75. The fourth-order valence-corrected chi connectivity index (χ4v) is 3.23. The molecule has 5 heteroatoms. The summed E-state index contributed by atoms with van der Waals surface area (Å²) in [4.78, 5) is 25.3. The molecule has 0 radical (unpaired) electrons. The molecule has 0 aliphatic rings. The number of carbonyl (C=O) groups excluding carboxylic acids is 2. The maximum atomic E-state index is 12.2. The molecule has 0 aliphatic heterocycles. The predicted molar refractivity (Wildman–Crippen MR) is 108 cm³/mol. The van der Waals surface area contributed by atoms with E-state index in [1.165, 1.54) is 0 Å². The third-order valence-corrected chi connectivity index (χ3v) is 4.76. The SMILES string of the molecule is CSc1cccc(NC(=O)CNC(=O)Cc2cccc3ccccc23)c1. The molecule has 0 spiro atoms. The van der Waals surface area contributed by atoms with Crippen LogP contribution in [0.5, 0.6) is 0 Å². The molecule has 2 N–H and O–H groups in total. The zero-order valence-corrected chi connectivity index (χ0v) is 15.3. The molecular formula is C21H20N2O2S. The molecule has 0 bridgehead atoms. The summed E-state index contributed by atoms with van der Waals surface area (Å²) >= 11 is 1.61. The van der Waals surface area contributed by atoms with Crippen molar-refractivity contribution in [3.05, 3.63) is 72.3 Å². The minimum atomic E-state index is -0.241. The Morgan fingerprint density at radius 2 is 1.69 bits per heavy atom. The Bertz CT molecular complexity index is 935. The average Bonchev–Trinajstić information content (AvgIpc) is 2.67. The second-order valence-electron chi connectivity index (χ2n) is 5.87. The average molecular weight is 364 g/mol. The summed E-state index contributed by atoms with van der Waals surface area (Å²) in [6.45, 7) is -0.0485. The van der Waals surface area contributed by atoms with Gasteiger partial charge in [-0.3, -0.25) is 9.59 Å². The number of thioether (sulfide) groups is 1. The minimum absolute atomic E-state index is 0.0485. The van der Waals surface area contributed by atoms with E-state index in [2.05, 4.69) is 10.6 Å². The van der Waals surface area contributed by atoms with Gasteiger partial charge in [-0.05, 0) is 40.8 Å². The van der Waals surface area contributed by atoms with E-state index < -0.39 is 0 Å². The summed E-state index contributed by atoms with van der Waals surface area (Å²) < 4.78 is 0. The molecule has 3 aromatic rings. The Kier molecular flexibility index (Phi) is 5.92. The first kappa shape index (κ1) is 18.0. The van der Waals surface area contributed by atoms with Crippen molar-refractivity contribution < 1.29 is 9.59 Å². The van der Waals surface area contributed by atoms with Crippen LogP contribution < -0.4 is 10.6 Å². The van der Waals surface area contributed by atoms with Crippen molar-refractivity contribution >= 4 is 40.0 Å². The van der Waals surface area contributed by atoms with Gasteiger partial charge in [0.15, 0.2) is 0 Å². The fraction of sp³-hybridized carbons (Fsp3) is 0.143. The van der Waals surface area contributed by atoms with Gasteiger partial charge in [0.25, 0.3) is 0 Å². The maximum Gasteiger partial charge on any atom is 0.243 e. The maximum absolute atomic E-state index is 12.2. The highest BCUT2D eigenvalue weighted by atomic mass is 32.2. The van der Waals surface area contributed by atoms with Crippen molar-refractivity contribution in [2.24, 2.45) is 0 Å². The van der Waals surface area contributed by atoms with E-state index in [9.17, 15) is 9.59 Å². The number of anilines is 1. The van der Waals surface area contributed by atoms with Crippen molar-refractivity contribution in [2.45, 2.75) is 11.3 Å². The number of hydrogen-bond donors (Lipinski definition) is 2. The Labute approximate surface area is 157 Å². The van der Waals surface area contributed by atoms with Gasteiger partial charge in [0.1, 0.15) is 0 Å². The number of amides is 2. The summed E-state index contributed by atoms with van der Waals surface area (Å²) in [7, 11) is 0. The molecule has 0 heterocycles. The monoisotopic (exact) mass is 364 g/mol. The zero-order valence-electron chi connectivity index (χ0n) is 14.5. The molecule has 0 unspecified atom stereocenters. The highest BCUT2D eigenvalue weighted by Crippen LogP contribution is 2.19. The van der Waals surface area contributed by atoms with Crippen LogP contribution in [0.3, 0.4) is 0 Å². The first-order valence-electron chi connectivity index (χ1n) is 8.33. The van der Waals surface area contributed by atoms with Crippen LogP contribution in [0.15, 0.2) is 71.6 Å². The van der Waals surface area contributed by atoms with E-state index in [4.69, 9.17) is 0 Å². The standard InChI is InChI=1S/C21H20N2O2S/c1-26-18-10-5-9-17(13-18)23-21(25)14-22-20(24)12-16-8-4-7-15-6-2-3-11-19(15)16/h2-11,13H,12,14H2,1H3,(H,22,24)(H,23,25). The van der Waals surface area contributed by atoms with Crippen LogP contribution in [0.25, 0.3) is 10.8 Å². The second kappa shape index (κ2) is 8.54. The lowest BCUT2D eigenvalue weighted by atomic mass is 10.0. The van der Waals surface area contributed by atoms with Gasteiger partial charge >= 0.3 is 0 Å². The van der Waals surface area contributed by atoms with Crippen molar-refractivity contribution in [1.29, 1.82) is 0 Å². The summed E-state index contributed by atoms with van der Waals surface area (Å²) in [5.74, 6) is -0.413. The van der Waals surface area contributed by atoms with Gasteiger partial charge in [-0.2, -0.15) is 0 Å². The van der Waals surface area contributed by atoms with Gasteiger partial charge in [0, 0.05) is 10.6 Å². The van der Waals surface area contributed by atoms with Crippen LogP contribution in [0.4, 0.5) is 5.69 Å². The Morgan fingerprint density at radius 3 is 2.54 bits per heavy atom. The molecule has 0 saturated carbocycles. The molecule has 2 amide bonds. The van der Waals surface area contributed by atoms with E-state index in [0.717, 1.165) is 26.9 Å². The molecule has 26 heavy (non-hydrogen) atoms. The molecule has 0 aliphatic carbocycles. The Morgan fingerprint density at radius 1 is 0.923 bits per heavy atom. The van der Waals surface area contributed by atoms with Crippen molar-refractivity contribution in [2.75, 3.05) is 18.1 Å². The Hall–Kier alpha value is -2.79. The van der Waals surface area contributed by atoms with E-state index in [1.54, 1.807) is 11.8 Å². The quantitative estimate of drug-likeness (QED) is 0.653. The van der Waals surface area contributed by atoms with Crippen LogP contribution >= 0.6 is 11.8 Å². The summed E-state index contributed by atoms with van der Waals surface area (Å²) in [5.41, 5.74) is 1.68. The third kappa shape index (κ3) is 4.64. The van der Waals surface area contributed by atoms with Crippen LogP contribution in [0.2, 0.25) is 0 Å². The van der Waals surface area contributed by atoms with Gasteiger partial charge in [-0.15, -0.1) is 11.8 Å². The molecule has 0 saturated heterocycles. The topological polar surface area (TPSA) is 58.2 Å². The van der Waals surface area contributed by atoms with Gasteiger partial charge in [-0.1, -0.05) is 48.5 Å². The number of benzene rings is 3. The normalized spacial score (nSPS) is 10.5. The van der Waals surface area contributed by atoms with Crippen LogP contribution in [0, 0.1) is 0 Å². The van der Waals surface area contributed by atoms with E-state index in [0.29, 0.717) is 0 Å². The number of carbonyl (C=O) groups is 2. The number of hydrogen-bond acceptors (Lipinski definition) is 3. The molecule has 3 aromatic carbocycles. The lowest BCUT2D eigenvalue weighted by Crippen LogP contribution is -2.33. The van der Waals surface area contributed by atoms with Crippen LogP contribution in [0.1, 0.15) is 5.56 Å². The fourth-order valence-electron chi connectivity index (χ4n) is 2.77. The molecule has 0 atom stereocenters. The molecule has 132 valence electrons. The zero-order chi connectivity index (χ0) is 18.4. The highest BCUT2D eigenvalue weighted by Gasteiger charge is 2.09. The van der Waals surface area contributed by atoms with Gasteiger partial charge in [-0.25, -0.2) is 0 Å². The van der Waals surface area contributed by atoms with Crippen molar-refractivity contribution in [3.8, 4) is 0 Å². The first-order chi connectivity index (χ1) is 12.7. The largest absolute Gasteiger partial charge is 0.347 e. The smallest absolute Gasteiger partial charge is 0.243 e. The highest BCUT2D eigenvalue weighted by molar-refractivity contribution is 7.98. The first-order valence-corrected chi connectivity index (χ1v) is 9.55. The Balaban J connectivity index is 1.55. The van der Waals surface area contributed by atoms with E-state index in [1.807, 2.05) is 73.0 Å². The third-order valence-electron chi connectivity index (χ3n) is 4.03. The lowest BCUT2D eigenvalue weighted by molar-refractivity contribution is -0.123. The van der Waals surface area contributed by atoms with Crippen molar-refractivity contribution in [1.82, 2.24) is 5.32 Å². The molecule has 0 aromatic heterocycles.